The van der Waals surface area contributed by atoms with Crippen molar-refractivity contribution in [2.24, 2.45) is 0 Å². The van der Waals surface area contributed by atoms with Crippen LogP contribution in [0.1, 0.15) is 35.5 Å². The van der Waals surface area contributed by atoms with Crippen LogP contribution in [0.15, 0.2) is 4.42 Å². The summed E-state index contributed by atoms with van der Waals surface area (Å²) in [4.78, 5) is 15.4. The third-order valence-corrected chi connectivity index (χ3v) is 2.93. The van der Waals surface area contributed by atoms with Gasteiger partial charge in [-0.3, -0.25) is 0 Å². The first-order valence-electron chi connectivity index (χ1n) is 4.87. The third kappa shape index (κ3) is 2.31. The van der Waals surface area contributed by atoms with Crippen LogP contribution < -0.4 is 0 Å². The molecule has 0 fully saturated rings. The monoisotopic (exact) mass is 254 g/mol. The van der Waals surface area contributed by atoms with Gasteiger partial charge in [0.25, 0.3) is 5.89 Å². The molecular formula is C9H10N4O3S. The molecule has 0 aromatic carbocycles. The highest BCUT2D eigenvalue weighted by molar-refractivity contribution is 7.05. The third-order valence-electron chi connectivity index (χ3n) is 1.91. The zero-order chi connectivity index (χ0) is 12.4. The molecule has 2 aromatic heterocycles. The van der Waals surface area contributed by atoms with Crippen LogP contribution >= 0.6 is 11.5 Å². The lowest BCUT2D eigenvalue weighted by molar-refractivity contribution is 0.0556. The van der Waals surface area contributed by atoms with E-state index in [1.807, 2.05) is 13.8 Å². The van der Waals surface area contributed by atoms with E-state index in [-0.39, 0.29) is 17.7 Å². The van der Waals surface area contributed by atoms with Crippen molar-refractivity contribution in [3.63, 3.8) is 0 Å². The second-order valence-corrected chi connectivity index (χ2v) is 4.30. The number of rotatable bonds is 3. The summed E-state index contributed by atoms with van der Waals surface area (Å²) in [5, 5.41) is 8.12. The SMILES string of the molecule is COC(=O)c1nnc(-c2nsc(C(C)C)n2)o1. The van der Waals surface area contributed by atoms with Crippen molar-refractivity contribution in [1.29, 1.82) is 0 Å². The number of nitrogens with zero attached hydrogens (tertiary/aromatic N) is 4. The Hall–Kier alpha value is -1.83. The Balaban J connectivity index is 2.27. The smallest absolute Gasteiger partial charge is 0.396 e. The van der Waals surface area contributed by atoms with Gasteiger partial charge in [-0.15, -0.1) is 10.2 Å². The number of methoxy groups -OCH3 is 1. The molecule has 90 valence electrons. The minimum Gasteiger partial charge on any atom is -0.462 e. The van der Waals surface area contributed by atoms with E-state index in [1.54, 1.807) is 0 Å². The second-order valence-electron chi connectivity index (χ2n) is 3.51. The van der Waals surface area contributed by atoms with Gasteiger partial charge in [0.15, 0.2) is 0 Å². The van der Waals surface area contributed by atoms with Crippen molar-refractivity contribution in [3.8, 4) is 11.7 Å². The lowest BCUT2D eigenvalue weighted by Crippen LogP contribution is -2.00. The molecule has 2 rings (SSSR count). The van der Waals surface area contributed by atoms with E-state index in [0.717, 1.165) is 5.01 Å². The van der Waals surface area contributed by atoms with Crippen molar-refractivity contribution < 1.29 is 13.9 Å². The summed E-state index contributed by atoms with van der Waals surface area (Å²) in [6.07, 6.45) is 0. The average molecular weight is 254 g/mol. The van der Waals surface area contributed by atoms with Crippen LogP contribution in [0.4, 0.5) is 0 Å². The molecule has 0 atom stereocenters. The van der Waals surface area contributed by atoms with Gasteiger partial charge < -0.3 is 9.15 Å². The molecule has 8 heteroatoms. The predicted molar refractivity (Wildman–Crippen MR) is 58.6 cm³/mol. The van der Waals surface area contributed by atoms with Gasteiger partial charge in [0.1, 0.15) is 5.01 Å². The molecule has 0 amide bonds. The number of esters is 1. The van der Waals surface area contributed by atoms with E-state index in [0.29, 0.717) is 5.82 Å². The standard InChI is InChI=1S/C9H10N4O3S/c1-4(2)8-10-5(13-17-8)6-11-12-7(16-6)9(14)15-3/h4H,1-3H3. The Morgan fingerprint density at radius 2 is 2.18 bits per heavy atom. The summed E-state index contributed by atoms with van der Waals surface area (Å²) in [6.45, 7) is 4.02. The quantitative estimate of drug-likeness (QED) is 0.766. The number of carbonyl (C=O) groups is 1. The zero-order valence-corrected chi connectivity index (χ0v) is 10.3. The van der Waals surface area contributed by atoms with Gasteiger partial charge in [-0.05, 0) is 11.5 Å². The molecule has 0 aliphatic rings. The van der Waals surface area contributed by atoms with Crippen LogP contribution in [0.3, 0.4) is 0 Å². The normalized spacial score (nSPS) is 10.8. The van der Waals surface area contributed by atoms with E-state index >= 15 is 0 Å². The van der Waals surface area contributed by atoms with Gasteiger partial charge >= 0.3 is 11.9 Å². The summed E-state index contributed by atoms with van der Waals surface area (Å²) in [5.74, 6) is -0.148. The Labute approximate surface area is 101 Å². The fourth-order valence-corrected chi connectivity index (χ4v) is 1.68. The lowest BCUT2D eigenvalue weighted by Gasteiger charge is -1.93. The first-order valence-corrected chi connectivity index (χ1v) is 5.65. The number of hydrogen-bond acceptors (Lipinski definition) is 8. The van der Waals surface area contributed by atoms with E-state index in [1.165, 1.54) is 18.6 Å². The number of carbonyl (C=O) groups excluding carboxylic acids is 1. The minimum absolute atomic E-state index is 0.119. The summed E-state index contributed by atoms with van der Waals surface area (Å²) < 4.78 is 13.6. The Morgan fingerprint density at radius 1 is 1.41 bits per heavy atom. The molecule has 0 saturated carbocycles. The van der Waals surface area contributed by atoms with Crippen LogP contribution in [0, 0.1) is 0 Å². The maximum atomic E-state index is 11.1. The second kappa shape index (κ2) is 4.58. The van der Waals surface area contributed by atoms with Gasteiger partial charge in [0, 0.05) is 5.92 Å². The van der Waals surface area contributed by atoms with Crippen LogP contribution in [-0.2, 0) is 4.74 Å². The highest BCUT2D eigenvalue weighted by Crippen LogP contribution is 2.21. The minimum atomic E-state index is -0.678. The van der Waals surface area contributed by atoms with Gasteiger partial charge in [-0.25, -0.2) is 9.78 Å². The van der Waals surface area contributed by atoms with Crippen molar-refractivity contribution >= 4 is 17.5 Å². The van der Waals surface area contributed by atoms with E-state index < -0.39 is 5.97 Å². The molecule has 0 aliphatic heterocycles. The van der Waals surface area contributed by atoms with Gasteiger partial charge in [0.2, 0.25) is 5.82 Å². The molecule has 0 radical (unpaired) electrons. The van der Waals surface area contributed by atoms with Gasteiger partial charge in [-0.1, -0.05) is 13.8 Å². The molecule has 0 spiro atoms. The number of aromatic nitrogens is 4. The van der Waals surface area contributed by atoms with Crippen molar-refractivity contribution in [1.82, 2.24) is 19.6 Å². The lowest BCUT2D eigenvalue weighted by atomic mass is 10.2. The van der Waals surface area contributed by atoms with Crippen molar-refractivity contribution in [2.45, 2.75) is 19.8 Å². The first kappa shape index (κ1) is 11.6. The van der Waals surface area contributed by atoms with Crippen LogP contribution in [0.25, 0.3) is 11.7 Å². The van der Waals surface area contributed by atoms with Gasteiger partial charge in [0.05, 0.1) is 7.11 Å². The topological polar surface area (TPSA) is 91.0 Å². The molecule has 0 saturated heterocycles. The molecule has 17 heavy (non-hydrogen) atoms. The molecule has 0 aliphatic carbocycles. The molecule has 0 bridgehead atoms. The maximum absolute atomic E-state index is 11.1. The van der Waals surface area contributed by atoms with E-state index in [4.69, 9.17) is 4.42 Å². The molecule has 7 nitrogen and oxygen atoms in total. The number of hydrogen-bond donors (Lipinski definition) is 0. The molecule has 2 heterocycles. The fourth-order valence-electron chi connectivity index (χ4n) is 1.04. The van der Waals surface area contributed by atoms with Crippen molar-refractivity contribution in [2.75, 3.05) is 7.11 Å². The summed E-state index contributed by atoms with van der Waals surface area (Å²) in [6, 6.07) is 0. The highest BCUT2D eigenvalue weighted by atomic mass is 32.1. The summed E-state index contributed by atoms with van der Waals surface area (Å²) >= 11 is 1.27. The Kier molecular flexibility index (Phi) is 3.14. The largest absolute Gasteiger partial charge is 0.462 e. The molecular weight excluding hydrogens is 244 g/mol. The molecule has 2 aromatic rings. The molecule has 0 N–H and O–H groups in total. The van der Waals surface area contributed by atoms with E-state index in [2.05, 4.69) is 24.3 Å². The molecule has 0 unspecified atom stereocenters. The first-order chi connectivity index (χ1) is 8.11. The Bertz CT molecular complexity index is 534. The van der Waals surface area contributed by atoms with Crippen molar-refractivity contribution in [3.05, 3.63) is 10.9 Å². The highest BCUT2D eigenvalue weighted by Gasteiger charge is 2.19. The van der Waals surface area contributed by atoms with Crippen LogP contribution in [0.2, 0.25) is 0 Å². The Morgan fingerprint density at radius 3 is 2.76 bits per heavy atom. The zero-order valence-electron chi connectivity index (χ0n) is 9.50. The van der Waals surface area contributed by atoms with E-state index in [9.17, 15) is 4.79 Å². The number of ether oxygens (including phenoxy) is 1. The maximum Gasteiger partial charge on any atom is 0.396 e. The fraction of sp³-hybridized carbons (Fsp3) is 0.444. The predicted octanol–water partition coefficient (Wildman–Crippen LogP) is 1.50. The van der Waals surface area contributed by atoms with Crippen LogP contribution in [0.5, 0.6) is 0 Å². The summed E-state index contributed by atoms with van der Waals surface area (Å²) in [5.41, 5.74) is 0. The summed E-state index contributed by atoms with van der Waals surface area (Å²) in [7, 11) is 1.24. The average Bonchev–Trinajstić information content (AvgIpc) is 2.95. The van der Waals surface area contributed by atoms with Gasteiger partial charge in [-0.2, -0.15) is 4.37 Å². The van der Waals surface area contributed by atoms with Crippen LogP contribution in [-0.4, -0.2) is 32.6 Å².